The molecule has 2 aromatic rings. The molecule has 1 aromatic heterocycles. The highest BCUT2D eigenvalue weighted by Gasteiger charge is 2.06. The molecule has 0 aliphatic heterocycles. The molecule has 20 heavy (non-hydrogen) atoms. The number of carbonyl (C=O) groups excluding carboxylic acids is 1. The van der Waals surface area contributed by atoms with E-state index in [-0.39, 0.29) is 11.5 Å². The van der Waals surface area contributed by atoms with E-state index in [4.69, 9.17) is 4.74 Å². The zero-order valence-corrected chi connectivity index (χ0v) is 11.1. The summed E-state index contributed by atoms with van der Waals surface area (Å²) in [6.07, 6.45) is 1.26. The van der Waals surface area contributed by atoms with Crippen molar-refractivity contribution in [1.29, 1.82) is 0 Å². The Balaban J connectivity index is 1.77. The van der Waals surface area contributed by atoms with Crippen LogP contribution < -0.4 is 10.1 Å². The molecule has 0 saturated carbocycles. The number of aryl methyl sites for hydroxylation is 1. The standard InChI is InChI=1S/C15H15FN2O2/c1-11-3-2-4-13(9-11)20-8-7-18-15(19)12-5-6-17-14(16)10-12/h2-6,9-10H,7-8H2,1H3,(H,18,19). The highest BCUT2D eigenvalue weighted by atomic mass is 19.1. The van der Waals surface area contributed by atoms with Crippen LogP contribution in [0.15, 0.2) is 42.6 Å². The molecule has 0 aliphatic carbocycles. The van der Waals surface area contributed by atoms with Crippen LogP contribution in [0.3, 0.4) is 0 Å². The summed E-state index contributed by atoms with van der Waals surface area (Å²) in [6, 6.07) is 10.2. The van der Waals surface area contributed by atoms with Gasteiger partial charge in [0.25, 0.3) is 5.91 Å². The lowest BCUT2D eigenvalue weighted by Gasteiger charge is -2.08. The van der Waals surface area contributed by atoms with Gasteiger partial charge in [-0.05, 0) is 30.7 Å². The van der Waals surface area contributed by atoms with E-state index >= 15 is 0 Å². The summed E-state index contributed by atoms with van der Waals surface area (Å²) in [5.41, 5.74) is 1.35. The lowest BCUT2D eigenvalue weighted by molar-refractivity contribution is 0.0946. The van der Waals surface area contributed by atoms with Crippen molar-refractivity contribution in [2.75, 3.05) is 13.2 Å². The quantitative estimate of drug-likeness (QED) is 0.672. The minimum absolute atomic E-state index is 0.244. The van der Waals surface area contributed by atoms with Crippen molar-refractivity contribution in [3.63, 3.8) is 0 Å². The fourth-order valence-corrected chi connectivity index (χ4v) is 1.68. The Morgan fingerprint density at radius 2 is 2.20 bits per heavy atom. The third kappa shape index (κ3) is 4.05. The van der Waals surface area contributed by atoms with Gasteiger partial charge in [0.05, 0.1) is 6.54 Å². The van der Waals surface area contributed by atoms with Crippen LogP contribution in [-0.4, -0.2) is 24.0 Å². The van der Waals surface area contributed by atoms with Crippen LogP contribution in [0.2, 0.25) is 0 Å². The number of aromatic nitrogens is 1. The van der Waals surface area contributed by atoms with Crippen molar-refractivity contribution in [3.8, 4) is 5.75 Å². The number of halogens is 1. The minimum atomic E-state index is -0.673. The molecule has 104 valence electrons. The Morgan fingerprint density at radius 1 is 1.35 bits per heavy atom. The number of ether oxygens (including phenoxy) is 1. The van der Waals surface area contributed by atoms with Gasteiger partial charge in [-0.3, -0.25) is 4.79 Å². The van der Waals surface area contributed by atoms with Crippen LogP contribution in [0.4, 0.5) is 4.39 Å². The zero-order valence-electron chi connectivity index (χ0n) is 11.1. The van der Waals surface area contributed by atoms with Crippen LogP contribution in [0.5, 0.6) is 5.75 Å². The van der Waals surface area contributed by atoms with E-state index < -0.39 is 5.95 Å². The fraction of sp³-hybridized carbons (Fsp3) is 0.200. The van der Waals surface area contributed by atoms with E-state index in [9.17, 15) is 9.18 Å². The lowest BCUT2D eigenvalue weighted by Crippen LogP contribution is -2.28. The largest absolute Gasteiger partial charge is 0.492 e. The normalized spacial score (nSPS) is 10.1. The predicted molar refractivity (Wildman–Crippen MR) is 73.2 cm³/mol. The third-order valence-electron chi connectivity index (χ3n) is 2.63. The number of pyridine rings is 1. The third-order valence-corrected chi connectivity index (χ3v) is 2.63. The second kappa shape index (κ2) is 6.65. The number of nitrogens with zero attached hydrogens (tertiary/aromatic N) is 1. The van der Waals surface area contributed by atoms with Crippen molar-refractivity contribution < 1.29 is 13.9 Å². The molecule has 1 N–H and O–H groups in total. The molecule has 5 heteroatoms. The lowest BCUT2D eigenvalue weighted by atomic mass is 10.2. The zero-order chi connectivity index (χ0) is 14.4. The van der Waals surface area contributed by atoms with Gasteiger partial charge in [0.1, 0.15) is 12.4 Å². The van der Waals surface area contributed by atoms with Crippen LogP contribution in [-0.2, 0) is 0 Å². The molecule has 0 radical (unpaired) electrons. The molecule has 1 heterocycles. The van der Waals surface area contributed by atoms with Gasteiger partial charge in [-0.1, -0.05) is 12.1 Å². The second-order valence-electron chi connectivity index (χ2n) is 4.29. The minimum Gasteiger partial charge on any atom is -0.492 e. The topological polar surface area (TPSA) is 51.2 Å². The predicted octanol–water partition coefficient (Wildman–Crippen LogP) is 2.34. The van der Waals surface area contributed by atoms with Gasteiger partial charge < -0.3 is 10.1 Å². The summed E-state index contributed by atoms with van der Waals surface area (Å²) in [6.45, 7) is 2.67. The highest BCUT2D eigenvalue weighted by Crippen LogP contribution is 2.11. The van der Waals surface area contributed by atoms with E-state index in [1.807, 2.05) is 31.2 Å². The maximum atomic E-state index is 12.9. The van der Waals surface area contributed by atoms with Crippen LogP contribution in [0.1, 0.15) is 15.9 Å². The molecule has 1 aromatic carbocycles. The van der Waals surface area contributed by atoms with Crippen molar-refractivity contribution in [2.45, 2.75) is 6.92 Å². The first-order valence-corrected chi connectivity index (χ1v) is 6.24. The average molecular weight is 274 g/mol. The molecular formula is C15H15FN2O2. The summed E-state index contributed by atoms with van der Waals surface area (Å²) in [4.78, 5) is 15.1. The Kier molecular flexibility index (Phi) is 4.65. The Morgan fingerprint density at radius 3 is 2.95 bits per heavy atom. The fourth-order valence-electron chi connectivity index (χ4n) is 1.68. The molecule has 0 aliphatic rings. The molecule has 0 bridgehead atoms. The van der Waals surface area contributed by atoms with E-state index in [2.05, 4.69) is 10.3 Å². The SMILES string of the molecule is Cc1cccc(OCCNC(=O)c2ccnc(F)c2)c1. The highest BCUT2D eigenvalue weighted by molar-refractivity contribution is 5.93. The van der Waals surface area contributed by atoms with Gasteiger partial charge in [0.2, 0.25) is 5.95 Å². The summed E-state index contributed by atoms with van der Waals surface area (Å²) < 4.78 is 18.4. The molecule has 2 rings (SSSR count). The van der Waals surface area contributed by atoms with Crippen molar-refractivity contribution in [1.82, 2.24) is 10.3 Å². The van der Waals surface area contributed by atoms with Gasteiger partial charge >= 0.3 is 0 Å². The molecule has 0 saturated heterocycles. The summed E-state index contributed by atoms with van der Waals surface area (Å²) in [5.74, 6) is -0.262. The van der Waals surface area contributed by atoms with Gasteiger partial charge in [-0.15, -0.1) is 0 Å². The van der Waals surface area contributed by atoms with Gasteiger partial charge in [-0.25, -0.2) is 4.98 Å². The molecule has 0 atom stereocenters. The average Bonchev–Trinajstić information content (AvgIpc) is 2.43. The van der Waals surface area contributed by atoms with Gasteiger partial charge in [0.15, 0.2) is 0 Å². The summed E-state index contributed by atoms with van der Waals surface area (Å²) in [5, 5.41) is 2.65. The molecule has 1 amide bonds. The monoisotopic (exact) mass is 274 g/mol. The van der Waals surface area contributed by atoms with E-state index in [0.717, 1.165) is 17.4 Å². The first kappa shape index (κ1) is 14.0. The summed E-state index contributed by atoms with van der Waals surface area (Å²) in [7, 11) is 0. The number of hydrogen-bond acceptors (Lipinski definition) is 3. The Labute approximate surface area is 116 Å². The van der Waals surface area contributed by atoms with E-state index in [1.165, 1.54) is 12.3 Å². The molecule has 0 spiro atoms. The van der Waals surface area contributed by atoms with Gasteiger partial charge in [0, 0.05) is 17.8 Å². The molecular weight excluding hydrogens is 259 g/mol. The summed E-state index contributed by atoms with van der Waals surface area (Å²) >= 11 is 0. The number of nitrogens with one attached hydrogen (secondary N) is 1. The molecule has 0 unspecified atom stereocenters. The number of hydrogen-bond donors (Lipinski definition) is 1. The maximum absolute atomic E-state index is 12.9. The second-order valence-corrected chi connectivity index (χ2v) is 4.29. The van der Waals surface area contributed by atoms with Gasteiger partial charge in [-0.2, -0.15) is 4.39 Å². The maximum Gasteiger partial charge on any atom is 0.251 e. The smallest absolute Gasteiger partial charge is 0.251 e. The van der Waals surface area contributed by atoms with Crippen molar-refractivity contribution in [2.24, 2.45) is 0 Å². The number of rotatable bonds is 5. The van der Waals surface area contributed by atoms with Crippen molar-refractivity contribution >= 4 is 5.91 Å². The first-order valence-electron chi connectivity index (χ1n) is 6.24. The van der Waals surface area contributed by atoms with E-state index in [0.29, 0.717) is 13.2 Å². The van der Waals surface area contributed by atoms with E-state index in [1.54, 1.807) is 0 Å². The molecule has 0 fully saturated rings. The van der Waals surface area contributed by atoms with Crippen molar-refractivity contribution in [3.05, 3.63) is 59.7 Å². The Bertz CT molecular complexity index is 602. The van der Waals surface area contributed by atoms with Crippen LogP contribution in [0.25, 0.3) is 0 Å². The Hall–Kier alpha value is -2.43. The molecule has 4 nitrogen and oxygen atoms in total. The first-order chi connectivity index (χ1) is 9.65. The number of amides is 1. The number of benzene rings is 1. The van der Waals surface area contributed by atoms with Crippen LogP contribution in [0, 0.1) is 12.9 Å². The van der Waals surface area contributed by atoms with Crippen LogP contribution >= 0.6 is 0 Å². The number of carbonyl (C=O) groups is 1.